The molecule has 0 aliphatic carbocycles. The van der Waals surface area contributed by atoms with Gasteiger partial charge in [-0.3, -0.25) is 4.79 Å². The van der Waals surface area contributed by atoms with E-state index in [1.807, 2.05) is 6.92 Å². The van der Waals surface area contributed by atoms with Gasteiger partial charge in [-0.1, -0.05) is 25.1 Å². The second-order valence-corrected chi connectivity index (χ2v) is 7.09. The second-order valence-electron chi connectivity index (χ2n) is 5.15. The van der Waals surface area contributed by atoms with Crippen LogP contribution in [0.3, 0.4) is 0 Å². The van der Waals surface area contributed by atoms with Crippen molar-refractivity contribution in [1.29, 1.82) is 0 Å². The van der Waals surface area contributed by atoms with Crippen molar-refractivity contribution in [3.05, 3.63) is 30.3 Å². The molecule has 0 bridgehead atoms. The normalized spacial score (nSPS) is 16.7. The molecule has 1 heterocycles. The number of nitrogens with zero attached hydrogens (tertiary/aromatic N) is 2. The second kappa shape index (κ2) is 7.71. The van der Waals surface area contributed by atoms with Crippen LogP contribution in [-0.2, 0) is 19.6 Å². The van der Waals surface area contributed by atoms with Gasteiger partial charge in [-0.05, 0) is 18.6 Å². The van der Waals surface area contributed by atoms with Crippen LogP contribution in [0.4, 0.5) is 0 Å². The molecule has 2 rings (SSSR count). The third kappa shape index (κ3) is 4.06. The minimum atomic E-state index is -3.47. The molecule has 0 unspecified atom stereocenters. The van der Waals surface area contributed by atoms with Crippen molar-refractivity contribution in [2.45, 2.75) is 18.2 Å². The van der Waals surface area contributed by atoms with Crippen LogP contribution in [0, 0.1) is 0 Å². The zero-order valence-electron chi connectivity index (χ0n) is 12.8. The van der Waals surface area contributed by atoms with Crippen LogP contribution < -0.4 is 0 Å². The highest BCUT2D eigenvalue weighted by Crippen LogP contribution is 2.17. The first-order valence-electron chi connectivity index (χ1n) is 7.46. The molecule has 122 valence electrons. The Labute approximate surface area is 131 Å². The van der Waals surface area contributed by atoms with E-state index >= 15 is 0 Å². The predicted octanol–water partition coefficient (Wildman–Crippen LogP) is 0.946. The fourth-order valence-electron chi connectivity index (χ4n) is 2.31. The minimum Gasteiger partial charge on any atom is -0.372 e. The molecule has 1 fully saturated rings. The van der Waals surface area contributed by atoms with Crippen LogP contribution in [0.2, 0.25) is 0 Å². The van der Waals surface area contributed by atoms with Crippen LogP contribution in [0.5, 0.6) is 0 Å². The Morgan fingerprint density at radius 1 is 1.14 bits per heavy atom. The highest BCUT2D eigenvalue weighted by Gasteiger charge is 2.29. The molecule has 1 amide bonds. The topological polar surface area (TPSA) is 66.9 Å². The highest BCUT2D eigenvalue weighted by molar-refractivity contribution is 7.89. The van der Waals surface area contributed by atoms with E-state index in [0.29, 0.717) is 37.7 Å². The Morgan fingerprint density at radius 2 is 1.77 bits per heavy atom. The lowest BCUT2D eigenvalue weighted by Crippen LogP contribution is -2.51. The molecule has 1 aromatic rings. The van der Waals surface area contributed by atoms with E-state index in [9.17, 15) is 13.2 Å². The van der Waals surface area contributed by atoms with E-state index in [1.165, 1.54) is 4.31 Å². The number of hydrogen-bond donors (Lipinski definition) is 0. The van der Waals surface area contributed by atoms with Crippen molar-refractivity contribution < 1.29 is 17.9 Å². The van der Waals surface area contributed by atoms with E-state index in [2.05, 4.69) is 0 Å². The zero-order chi connectivity index (χ0) is 16.0. The maximum absolute atomic E-state index is 12.5. The smallest absolute Gasteiger partial charge is 0.248 e. The standard InChI is InChI=1S/C15H22N2O4S/c1-2-12-21-13-15(18)16-8-10-17(11-9-16)22(19,20)14-6-4-3-5-7-14/h3-7H,2,8-13H2,1H3. The highest BCUT2D eigenvalue weighted by atomic mass is 32.2. The first kappa shape index (κ1) is 16.9. The molecule has 22 heavy (non-hydrogen) atoms. The van der Waals surface area contributed by atoms with Gasteiger partial charge in [0, 0.05) is 32.8 Å². The molecular weight excluding hydrogens is 304 g/mol. The van der Waals surface area contributed by atoms with E-state index < -0.39 is 10.0 Å². The SMILES string of the molecule is CCCOCC(=O)N1CCN(S(=O)(=O)c2ccccc2)CC1. The summed E-state index contributed by atoms with van der Waals surface area (Å²) in [5.41, 5.74) is 0. The van der Waals surface area contributed by atoms with Crippen LogP contribution in [0.25, 0.3) is 0 Å². The maximum atomic E-state index is 12.5. The average Bonchev–Trinajstić information content (AvgIpc) is 2.56. The van der Waals surface area contributed by atoms with Gasteiger partial charge in [-0.25, -0.2) is 8.42 Å². The summed E-state index contributed by atoms with van der Waals surface area (Å²) in [5, 5.41) is 0. The number of benzene rings is 1. The molecule has 1 saturated heterocycles. The Hall–Kier alpha value is -1.44. The zero-order valence-corrected chi connectivity index (χ0v) is 13.6. The molecule has 0 spiro atoms. The molecule has 0 atom stereocenters. The number of carbonyl (C=O) groups is 1. The summed E-state index contributed by atoms with van der Waals surface area (Å²) in [7, 11) is -3.47. The van der Waals surface area contributed by atoms with E-state index in [1.54, 1.807) is 35.2 Å². The maximum Gasteiger partial charge on any atom is 0.248 e. The van der Waals surface area contributed by atoms with E-state index in [-0.39, 0.29) is 12.5 Å². The Morgan fingerprint density at radius 3 is 2.36 bits per heavy atom. The summed E-state index contributed by atoms with van der Waals surface area (Å²) in [6, 6.07) is 8.37. The number of piperazine rings is 1. The van der Waals surface area contributed by atoms with Gasteiger partial charge in [0.2, 0.25) is 15.9 Å². The number of ether oxygens (including phenoxy) is 1. The van der Waals surface area contributed by atoms with Gasteiger partial charge in [-0.2, -0.15) is 4.31 Å². The summed E-state index contributed by atoms with van der Waals surface area (Å²) in [5.74, 6) is -0.0785. The fourth-order valence-corrected chi connectivity index (χ4v) is 3.76. The van der Waals surface area contributed by atoms with Gasteiger partial charge < -0.3 is 9.64 Å². The largest absolute Gasteiger partial charge is 0.372 e. The Bertz CT molecular complexity index is 581. The van der Waals surface area contributed by atoms with Crippen LogP contribution in [-0.4, -0.2) is 62.9 Å². The van der Waals surface area contributed by atoms with E-state index in [0.717, 1.165) is 6.42 Å². The molecule has 0 N–H and O–H groups in total. The summed E-state index contributed by atoms with van der Waals surface area (Å²) in [6.07, 6.45) is 0.871. The molecule has 1 aliphatic heterocycles. The number of amides is 1. The van der Waals surface area contributed by atoms with Gasteiger partial charge in [0.05, 0.1) is 4.90 Å². The van der Waals surface area contributed by atoms with Crippen LogP contribution in [0.15, 0.2) is 35.2 Å². The lowest BCUT2D eigenvalue weighted by Gasteiger charge is -2.34. The van der Waals surface area contributed by atoms with Gasteiger partial charge in [0.15, 0.2) is 0 Å². The molecular formula is C15H22N2O4S. The summed E-state index contributed by atoms with van der Waals surface area (Å²) in [6.45, 7) is 4.05. The van der Waals surface area contributed by atoms with Crippen LogP contribution >= 0.6 is 0 Å². The van der Waals surface area contributed by atoms with Crippen molar-refractivity contribution >= 4 is 15.9 Å². The molecule has 6 nitrogen and oxygen atoms in total. The Balaban J connectivity index is 1.91. The molecule has 0 saturated carbocycles. The minimum absolute atomic E-state index is 0.0687. The summed E-state index contributed by atoms with van der Waals surface area (Å²) in [4.78, 5) is 13.9. The van der Waals surface area contributed by atoms with Crippen molar-refractivity contribution in [1.82, 2.24) is 9.21 Å². The van der Waals surface area contributed by atoms with Crippen molar-refractivity contribution in [3.63, 3.8) is 0 Å². The molecule has 1 aromatic carbocycles. The summed E-state index contributed by atoms with van der Waals surface area (Å²) < 4.78 is 31.6. The predicted molar refractivity (Wildman–Crippen MR) is 82.9 cm³/mol. The first-order chi connectivity index (χ1) is 10.6. The summed E-state index contributed by atoms with van der Waals surface area (Å²) >= 11 is 0. The number of hydrogen-bond acceptors (Lipinski definition) is 4. The van der Waals surface area contributed by atoms with Crippen molar-refractivity contribution in [2.24, 2.45) is 0 Å². The lowest BCUT2D eigenvalue weighted by molar-refractivity contribution is -0.137. The molecule has 7 heteroatoms. The van der Waals surface area contributed by atoms with Crippen molar-refractivity contribution in [2.75, 3.05) is 39.4 Å². The number of sulfonamides is 1. The molecule has 0 radical (unpaired) electrons. The monoisotopic (exact) mass is 326 g/mol. The average molecular weight is 326 g/mol. The molecule has 0 aromatic heterocycles. The number of rotatable bonds is 6. The van der Waals surface area contributed by atoms with Crippen LogP contribution in [0.1, 0.15) is 13.3 Å². The van der Waals surface area contributed by atoms with E-state index in [4.69, 9.17) is 4.74 Å². The third-order valence-electron chi connectivity index (χ3n) is 3.55. The van der Waals surface area contributed by atoms with Crippen molar-refractivity contribution in [3.8, 4) is 0 Å². The van der Waals surface area contributed by atoms with Gasteiger partial charge >= 0.3 is 0 Å². The van der Waals surface area contributed by atoms with Gasteiger partial charge in [-0.15, -0.1) is 0 Å². The van der Waals surface area contributed by atoms with Gasteiger partial charge in [0.25, 0.3) is 0 Å². The van der Waals surface area contributed by atoms with Gasteiger partial charge in [0.1, 0.15) is 6.61 Å². The quantitative estimate of drug-likeness (QED) is 0.730. The Kier molecular flexibility index (Phi) is 5.93. The lowest BCUT2D eigenvalue weighted by atomic mass is 10.3. The fraction of sp³-hybridized carbons (Fsp3) is 0.533. The number of carbonyl (C=O) groups excluding carboxylic acids is 1. The first-order valence-corrected chi connectivity index (χ1v) is 8.90. The molecule has 1 aliphatic rings. The third-order valence-corrected chi connectivity index (χ3v) is 5.46.